The SMILES string of the molecule is COc1cccc(N2CC(C(=O)Nc3cccc(I)c3)CC2=O)c1. The summed E-state index contributed by atoms with van der Waals surface area (Å²) in [5, 5.41) is 2.89. The van der Waals surface area contributed by atoms with Crippen LogP contribution in [0, 0.1) is 9.49 Å². The summed E-state index contributed by atoms with van der Waals surface area (Å²) in [5.74, 6) is 0.149. The molecule has 1 atom stereocenters. The van der Waals surface area contributed by atoms with Crippen LogP contribution in [0.2, 0.25) is 0 Å². The van der Waals surface area contributed by atoms with E-state index in [0.29, 0.717) is 12.3 Å². The summed E-state index contributed by atoms with van der Waals surface area (Å²) < 4.78 is 6.24. The number of nitrogens with zero attached hydrogens (tertiary/aromatic N) is 1. The lowest BCUT2D eigenvalue weighted by atomic mass is 10.1. The molecule has 0 spiro atoms. The predicted molar refractivity (Wildman–Crippen MR) is 101 cm³/mol. The van der Waals surface area contributed by atoms with Crippen LogP contribution in [-0.2, 0) is 9.59 Å². The molecule has 2 aromatic carbocycles. The summed E-state index contributed by atoms with van der Waals surface area (Å²) >= 11 is 2.20. The second kappa shape index (κ2) is 7.21. The number of carbonyl (C=O) groups excluding carboxylic acids is 2. The van der Waals surface area contributed by atoms with Gasteiger partial charge in [-0.3, -0.25) is 9.59 Å². The van der Waals surface area contributed by atoms with Gasteiger partial charge in [0.1, 0.15) is 5.75 Å². The van der Waals surface area contributed by atoms with Gasteiger partial charge in [-0.1, -0.05) is 12.1 Å². The smallest absolute Gasteiger partial charge is 0.229 e. The highest BCUT2D eigenvalue weighted by molar-refractivity contribution is 14.1. The highest BCUT2D eigenvalue weighted by Gasteiger charge is 2.35. The molecule has 1 aliphatic heterocycles. The Morgan fingerprint density at radius 1 is 1.25 bits per heavy atom. The molecule has 1 fully saturated rings. The van der Waals surface area contributed by atoms with Crippen molar-refractivity contribution in [3.05, 3.63) is 52.1 Å². The third kappa shape index (κ3) is 3.69. The van der Waals surface area contributed by atoms with Gasteiger partial charge in [0.2, 0.25) is 11.8 Å². The molecule has 2 aromatic rings. The number of benzene rings is 2. The van der Waals surface area contributed by atoms with Crippen LogP contribution in [0.3, 0.4) is 0 Å². The fraction of sp³-hybridized carbons (Fsp3) is 0.222. The summed E-state index contributed by atoms with van der Waals surface area (Å²) in [5.41, 5.74) is 1.50. The molecule has 1 aliphatic rings. The van der Waals surface area contributed by atoms with Crippen LogP contribution >= 0.6 is 22.6 Å². The zero-order chi connectivity index (χ0) is 17.1. The van der Waals surface area contributed by atoms with E-state index in [0.717, 1.165) is 14.9 Å². The number of hydrogen-bond donors (Lipinski definition) is 1. The molecule has 1 heterocycles. The molecular weight excluding hydrogens is 419 g/mol. The molecule has 2 amide bonds. The summed E-state index contributed by atoms with van der Waals surface area (Å²) in [6.07, 6.45) is 0.215. The molecule has 0 aromatic heterocycles. The molecule has 3 rings (SSSR count). The fourth-order valence-electron chi connectivity index (χ4n) is 2.72. The minimum Gasteiger partial charge on any atom is -0.497 e. The normalized spacial score (nSPS) is 17.0. The van der Waals surface area contributed by atoms with Crippen LogP contribution in [-0.4, -0.2) is 25.5 Å². The maximum absolute atomic E-state index is 12.5. The van der Waals surface area contributed by atoms with Crippen LogP contribution in [0.1, 0.15) is 6.42 Å². The van der Waals surface area contributed by atoms with Gasteiger partial charge < -0.3 is 15.0 Å². The Labute approximate surface area is 154 Å². The number of methoxy groups -OCH3 is 1. The highest BCUT2D eigenvalue weighted by atomic mass is 127. The molecule has 1 N–H and O–H groups in total. The molecule has 0 aliphatic carbocycles. The Bertz CT molecular complexity index is 778. The van der Waals surface area contributed by atoms with E-state index in [2.05, 4.69) is 27.9 Å². The molecule has 0 bridgehead atoms. The van der Waals surface area contributed by atoms with Gasteiger partial charge in [0, 0.05) is 34.0 Å². The van der Waals surface area contributed by atoms with Crippen molar-refractivity contribution in [2.75, 3.05) is 23.9 Å². The summed E-state index contributed by atoms with van der Waals surface area (Å²) in [6.45, 7) is 0.377. The van der Waals surface area contributed by atoms with Crippen LogP contribution in [0.15, 0.2) is 48.5 Å². The quantitative estimate of drug-likeness (QED) is 0.749. The van der Waals surface area contributed by atoms with Crippen molar-refractivity contribution in [3.63, 3.8) is 0 Å². The molecule has 24 heavy (non-hydrogen) atoms. The van der Waals surface area contributed by atoms with Crippen molar-refractivity contribution >= 4 is 45.8 Å². The minimum atomic E-state index is -0.360. The van der Waals surface area contributed by atoms with E-state index >= 15 is 0 Å². The van der Waals surface area contributed by atoms with Gasteiger partial charge in [-0.2, -0.15) is 0 Å². The van der Waals surface area contributed by atoms with E-state index < -0.39 is 0 Å². The number of nitrogens with one attached hydrogen (secondary N) is 1. The molecule has 0 radical (unpaired) electrons. The summed E-state index contributed by atoms with van der Waals surface area (Å²) in [7, 11) is 1.59. The van der Waals surface area contributed by atoms with Gasteiger partial charge in [0.05, 0.1) is 13.0 Å². The lowest BCUT2D eigenvalue weighted by molar-refractivity contribution is -0.122. The fourth-order valence-corrected chi connectivity index (χ4v) is 3.26. The highest BCUT2D eigenvalue weighted by Crippen LogP contribution is 2.28. The number of carbonyl (C=O) groups is 2. The van der Waals surface area contributed by atoms with Crippen molar-refractivity contribution < 1.29 is 14.3 Å². The van der Waals surface area contributed by atoms with Gasteiger partial charge in [0.25, 0.3) is 0 Å². The average Bonchev–Trinajstić information content (AvgIpc) is 2.97. The van der Waals surface area contributed by atoms with Crippen molar-refractivity contribution in [1.82, 2.24) is 0 Å². The summed E-state index contributed by atoms with van der Waals surface area (Å²) in [4.78, 5) is 26.4. The maximum atomic E-state index is 12.5. The van der Waals surface area contributed by atoms with Gasteiger partial charge in [-0.25, -0.2) is 0 Å². The largest absolute Gasteiger partial charge is 0.497 e. The Morgan fingerprint density at radius 2 is 2.04 bits per heavy atom. The third-order valence-corrected chi connectivity index (χ3v) is 4.62. The van der Waals surface area contributed by atoms with E-state index in [-0.39, 0.29) is 24.2 Å². The van der Waals surface area contributed by atoms with E-state index in [4.69, 9.17) is 4.74 Å². The van der Waals surface area contributed by atoms with Gasteiger partial charge >= 0.3 is 0 Å². The van der Waals surface area contributed by atoms with Crippen molar-refractivity contribution in [2.45, 2.75) is 6.42 Å². The first-order valence-corrected chi connectivity index (χ1v) is 8.65. The van der Waals surface area contributed by atoms with Crippen molar-refractivity contribution in [2.24, 2.45) is 5.92 Å². The number of amides is 2. The Kier molecular flexibility index (Phi) is 5.03. The Morgan fingerprint density at radius 3 is 2.79 bits per heavy atom. The zero-order valence-corrected chi connectivity index (χ0v) is 15.3. The van der Waals surface area contributed by atoms with E-state index in [1.807, 2.05) is 42.5 Å². The molecule has 0 saturated carbocycles. The van der Waals surface area contributed by atoms with Crippen molar-refractivity contribution in [3.8, 4) is 5.75 Å². The van der Waals surface area contributed by atoms with Gasteiger partial charge in [0.15, 0.2) is 0 Å². The van der Waals surface area contributed by atoms with Crippen molar-refractivity contribution in [1.29, 1.82) is 0 Å². The molecule has 5 nitrogen and oxygen atoms in total. The monoisotopic (exact) mass is 436 g/mol. The third-order valence-electron chi connectivity index (χ3n) is 3.95. The lowest BCUT2D eigenvalue weighted by Gasteiger charge is -2.17. The first kappa shape index (κ1) is 16.8. The molecule has 124 valence electrons. The number of hydrogen-bond acceptors (Lipinski definition) is 3. The van der Waals surface area contributed by atoms with Gasteiger partial charge in [-0.05, 0) is 52.9 Å². The summed E-state index contributed by atoms with van der Waals surface area (Å²) in [6, 6.07) is 14.9. The minimum absolute atomic E-state index is 0.0500. The second-order valence-corrected chi connectivity index (χ2v) is 6.85. The van der Waals surface area contributed by atoms with Crippen LogP contribution in [0.25, 0.3) is 0 Å². The first-order valence-electron chi connectivity index (χ1n) is 7.57. The topological polar surface area (TPSA) is 58.6 Å². The zero-order valence-electron chi connectivity index (χ0n) is 13.2. The molecule has 1 saturated heterocycles. The average molecular weight is 436 g/mol. The second-order valence-electron chi connectivity index (χ2n) is 5.61. The number of ether oxygens (including phenoxy) is 1. The standard InChI is InChI=1S/C18H17IN2O3/c1-24-16-7-3-6-15(10-16)21-11-12(8-17(21)22)18(23)20-14-5-2-4-13(19)9-14/h2-7,9-10,12H,8,11H2,1H3,(H,20,23). The van der Waals surface area contributed by atoms with E-state index in [1.54, 1.807) is 18.1 Å². The molecule has 6 heteroatoms. The number of anilines is 2. The van der Waals surface area contributed by atoms with E-state index in [9.17, 15) is 9.59 Å². The van der Waals surface area contributed by atoms with Gasteiger partial charge in [-0.15, -0.1) is 0 Å². The van der Waals surface area contributed by atoms with E-state index in [1.165, 1.54) is 0 Å². The van der Waals surface area contributed by atoms with Crippen LogP contribution in [0.4, 0.5) is 11.4 Å². The predicted octanol–water partition coefficient (Wildman–Crippen LogP) is 3.29. The Hall–Kier alpha value is -2.09. The van der Waals surface area contributed by atoms with Crippen LogP contribution < -0.4 is 15.0 Å². The number of rotatable bonds is 4. The molecular formula is C18H17IN2O3. The first-order chi connectivity index (χ1) is 11.6. The maximum Gasteiger partial charge on any atom is 0.229 e. The lowest BCUT2D eigenvalue weighted by Crippen LogP contribution is -2.28. The van der Waals surface area contributed by atoms with Crippen LogP contribution in [0.5, 0.6) is 5.75 Å². The number of halogens is 1. The Balaban J connectivity index is 1.70. The molecule has 1 unspecified atom stereocenters.